The molecule has 3 rings (SSSR count). The quantitative estimate of drug-likeness (QED) is 0.0573. The Bertz CT molecular complexity index is 1600. The summed E-state index contributed by atoms with van der Waals surface area (Å²) in [5.41, 5.74) is 3.27. The lowest BCUT2D eigenvalue weighted by Gasteiger charge is -2.51. The van der Waals surface area contributed by atoms with Crippen molar-refractivity contribution in [3.8, 4) is 5.75 Å². The fourth-order valence-electron chi connectivity index (χ4n) is 7.72. The minimum absolute atomic E-state index is 0.125. The Labute approximate surface area is 288 Å². The molecule has 0 saturated carbocycles. The second-order valence-electron chi connectivity index (χ2n) is 15.0. The van der Waals surface area contributed by atoms with Gasteiger partial charge in [-0.25, -0.2) is 5.26 Å². The fourth-order valence-corrected chi connectivity index (χ4v) is 8.83. The molecule has 3 unspecified atom stereocenters. The van der Waals surface area contributed by atoms with E-state index in [0.29, 0.717) is 25.7 Å². The van der Waals surface area contributed by atoms with E-state index in [1.54, 1.807) is 6.92 Å². The number of benzene rings is 1. The van der Waals surface area contributed by atoms with Crippen LogP contribution in [0, 0.1) is 16.7 Å². The topological polar surface area (TPSA) is 168 Å². The van der Waals surface area contributed by atoms with E-state index in [9.17, 15) is 36.9 Å². The first kappa shape index (κ1) is 40.4. The Kier molecular flexibility index (Phi) is 13.3. The maximum absolute atomic E-state index is 12.7. The summed E-state index contributed by atoms with van der Waals surface area (Å²) in [5, 5.41) is 31.6. The molecule has 5 atom stereocenters. The van der Waals surface area contributed by atoms with Gasteiger partial charge in [0.05, 0.1) is 16.6 Å². The van der Waals surface area contributed by atoms with Crippen LogP contribution < -0.4 is 4.18 Å². The summed E-state index contributed by atoms with van der Waals surface area (Å²) in [6.07, 6.45) is 12.2. The summed E-state index contributed by atoms with van der Waals surface area (Å²) in [6, 6.07) is 3.40. The molecule has 4 N–H and O–H groups in total. The maximum Gasteiger partial charge on any atom is 0.446 e. The van der Waals surface area contributed by atoms with Crippen molar-refractivity contribution >= 4 is 20.5 Å². The number of rotatable bonds is 16. The van der Waals surface area contributed by atoms with Crippen molar-refractivity contribution in [1.29, 1.82) is 0 Å². The van der Waals surface area contributed by atoms with Crippen LogP contribution >= 0.6 is 0 Å². The Morgan fingerprint density at radius 2 is 1.77 bits per heavy atom. The van der Waals surface area contributed by atoms with Crippen molar-refractivity contribution in [2.24, 2.45) is 16.7 Å². The van der Waals surface area contributed by atoms with E-state index in [-0.39, 0.29) is 34.0 Å². The van der Waals surface area contributed by atoms with E-state index in [2.05, 4.69) is 62.2 Å². The second-order valence-corrected chi connectivity index (χ2v) is 17.6. The normalized spacial score (nSPS) is 25.6. The van der Waals surface area contributed by atoms with Gasteiger partial charge < -0.3 is 14.4 Å². The smallest absolute Gasteiger partial charge is 0.390 e. The Hall–Kier alpha value is -2.06. The van der Waals surface area contributed by atoms with Gasteiger partial charge in [-0.2, -0.15) is 16.8 Å². The number of hydrogen-bond acceptors (Lipinski definition) is 9. The molecule has 2 aliphatic carbocycles. The molecular formula is C36H56O10S2. The van der Waals surface area contributed by atoms with Crippen LogP contribution in [0.3, 0.4) is 0 Å². The monoisotopic (exact) mass is 712 g/mol. The van der Waals surface area contributed by atoms with Crippen LogP contribution in [-0.2, 0) is 31.3 Å². The van der Waals surface area contributed by atoms with Gasteiger partial charge in [0.2, 0.25) is 0 Å². The van der Waals surface area contributed by atoms with Crippen molar-refractivity contribution in [3.63, 3.8) is 0 Å². The van der Waals surface area contributed by atoms with E-state index in [1.165, 1.54) is 28.4 Å². The van der Waals surface area contributed by atoms with E-state index in [4.69, 9.17) is 0 Å². The molecule has 2 aliphatic rings. The third kappa shape index (κ3) is 10.2. The highest BCUT2D eigenvalue weighted by atomic mass is 32.3. The van der Waals surface area contributed by atoms with Crippen LogP contribution in [0.5, 0.6) is 5.75 Å². The summed E-state index contributed by atoms with van der Waals surface area (Å²) in [7, 11) is -9.44. The molecular weight excluding hydrogens is 657 g/mol. The Morgan fingerprint density at radius 3 is 2.40 bits per heavy atom. The average Bonchev–Trinajstić information content (AvgIpc) is 2.97. The van der Waals surface area contributed by atoms with Crippen molar-refractivity contribution in [2.75, 3.05) is 0 Å². The summed E-state index contributed by atoms with van der Waals surface area (Å²) in [5.74, 6) is -0.144. The molecule has 12 heteroatoms. The van der Waals surface area contributed by atoms with Crippen molar-refractivity contribution in [2.45, 2.75) is 142 Å². The van der Waals surface area contributed by atoms with Crippen molar-refractivity contribution < 1.29 is 45.4 Å². The standard InChI is InChI=1S/C36H56O10S2/c1-25(2)11-8-12-26(3)13-9-21-36(7,38)33(37)19-22-34(5)20-10-14-31-30(34)17-15-27(4)35(31,6)24-28-23-29(45-48(42,43)44)16-18-32(28)47(40,41)46-39/h11,13,16,18,23,27,33,37-39H,8-10,12,14-15,17,19-22,24H2,1-7H3,(H,42,43,44)/t27-,33?,34-,35?,36?/m0/s1. The third-order valence-corrected chi connectivity index (χ3v) is 12.5. The van der Waals surface area contributed by atoms with Crippen LogP contribution in [0.15, 0.2) is 57.5 Å². The molecule has 1 aromatic carbocycles. The molecule has 0 spiro atoms. The summed E-state index contributed by atoms with van der Waals surface area (Å²) < 4.78 is 65.9. The van der Waals surface area contributed by atoms with Crippen LogP contribution in [0.2, 0.25) is 0 Å². The lowest BCUT2D eigenvalue weighted by Crippen LogP contribution is -2.42. The van der Waals surface area contributed by atoms with Crippen LogP contribution in [-0.4, -0.2) is 48.6 Å². The van der Waals surface area contributed by atoms with Crippen LogP contribution in [0.25, 0.3) is 0 Å². The molecule has 0 bridgehead atoms. The first-order valence-electron chi connectivity index (χ1n) is 16.9. The van der Waals surface area contributed by atoms with E-state index < -0.39 is 37.6 Å². The lowest BCUT2D eigenvalue weighted by atomic mass is 9.54. The molecule has 0 saturated heterocycles. The molecule has 0 aromatic heterocycles. The lowest BCUT2D eigenvalue weighted by molar-refractivity contribution is -0.130. The Balaban J connectivity index is 1.86. The van der Waals surface area contributed by atoms with Crippen molar-refractivity contribution in [1.82, 2.24) is 0 Å². The van der Waals surface area contributed by atoms with Gasteiger partial charge in [0, 0.05) is 0 Å². The average molecular weight is 713 g/mol. The number of allylic oxidation sites excluding steroid dienone is 6. The molecule has 0 radical (unpaired) electrons. The molecule has 0 aliphatic heterocycles. The van der Waals surface area contributed by atoms with Gasteiger partial charge in [-0.05, 0) is 145 Å². The highest BCUT2D eigenvalue weighted by Crippen LogP contribution is 2.58. The molecule has 0 heterocycles. The van der Waals surface area contributed by atoms with Gasteiger partial charge in [0.25, 0.3) is 0 Å². The van der Waals surface area contributed by atoms with Gasteiger partial charge in [0.15, 0.2) is 0 Å². The van der Waals surface area contributed by atoms with Gasteiger partial charge in [-0.1, -0.05) is 55.2 Å². The highest BCUT2D eigenvalue weighted by molar-refractivity contribution is 7.86. The third-order valence-electron chi connectivity index (χ3n) is 10.9. The zero-order valence-corrected chi connectivity index (χ0v) is 31.2. The first-order chi connectivity index (χ1) is 22.1. The van der Waals surface area contributed by atoms with Crippen molar-refractivity contribution in [3.05, 3.63) is 58.2 Å². The highest BCUT2D eigenvalue weighted by Gasteiger charge is 2.47. The predicted molar refractivity (Wildman–Crippen MR) is 186 cm³/mol. The SMILES string of the molecule is CC(C)=CCCC(C)=CCCC(C)(O)C(O)CC[C@]1(C)CCCC2=C1CC[C@H](C)C2(C)Cc1cc(OS(=O)(=O)O)ccc1S(=O)(=O)OO. The summed E-state index contributed by atoms with van der Waals surface area (Å²) >= 11 is 0. The van der Waals surface area contributed by atoms with E-state index in [0.717, 1.165) is 57.1 Å². The zero-order chi connectivity index (χ0) is 36.1. The fraction of sp³-hybridized carbons (Fsp3) is 0.667. The number of aliphatic hydroxyl groups is 2. The molecule has 0 fully saturated rings. The number of aliphatic hydroxyl groups excluding tert-OH is 1. The molecule has 48 heavy (non-hydrogen) atoms. The zero-order valence-electron chi connectivity index (χ0n) is 29.6. The minimum atomic E-state index is -4.86. The van der Waals surface area contributed by atoms with E-state index in [1.807, 2.05) is 0 Å². The van der Waals surface area contributed by atoms with E-state index >= 15 is 0 Å². The Morgan fingerprint density at radius 1 is 1.08 bits per heavy atom. The summed E-state index contributed by atoms with van der Waals surface area (Å²) in [4.78, 5) is -0.323. The molecule has 0 amide bonds. The number of hydrogen-bond donors (Lipinski definition) is 4. The van der Waals surface area contributed by atoms with Crippen LogP contribution in [0.1, 0.15) is 125 Å². The largest absolute Gasteiger partial charge is 0.446 e. The minimum Gasteiger partial charge on any atom is -0.390 e. The maximum atomic E-state index is 12.7. The first-order valence-corrected chi connectivity index (χ1v) is 19.7. The summed E-state index contributed by atoms with van der Waals surface area (Å²) in [6.45, 7) is 14.4. The van der Waals surface area contributed by atoms with Gasteiger partial charge in [-0.15, -0.1) is 4.33 Å². The van der Waals surface area contributed by atoms with Crippen LogP contribution in [0.4, 0.5) is 0 Å². The second kappa shape index (κ2) is 15.9. The van der Waals surface area contributed by atoms with Gasteiger partial charge in [0.1, 0.15) is 5.75 Å². The van der Waals surface area contributed by atoms with Gasteiger partial charge >= 0.3 is 20.5 Å². The molecule has 10 nitrogen and oxygen atoms in total. The predicted octanol–water partition coefficient (Wildman–Crippen LogP) is 7.88. The van der Waals surface area contributed by atoms with Gasteiger partial charge in [-0.3, -0.25) is 4.55 Å². The molecule has 1 aromatic rings. The molecule has 272 valence electrons.